The first kappa shape index (κ1) is 10.4. The summed E-state index contributed by atoms with van der Waals surface area (Å²) in [5, 5.41) is 3.25. The van der Waals surface area contributed by atoms with E-state index in [0.717, 1.165) is 24.3 Å². The van der Waals surface area contributed by atoms with Gasteiger partial charge in [-0.1, -0.05) is 12.1 Å². The molecule has 0 bridgehead atoms. The van der Waals surface area contributed by atoms with Gasteiger partial charge >= 0.3 is 0 Å². The van der Waals surface area contributed by atoms with E-state index in [9.17, 15) is 0 Å². The average molecular weight is 218 g/mol. The van der Waals surface area contributed by atoms with Crippen molar-refractivity contribution in [3.8, 4) is 0 Å². The number of nitrogens with one attached hydrogen (secondary N) is 1. The molecule has 0 fully saturated rings. The minimum atomic E-state index is -0.0908. The van der Waals surface area contributed by atoms with Crippen molar-refractivity contribution in [3.05, 3.63) is 29.3 Å². The summed E-state index contributed by atoms with van der Waals surface area (Å²) in [5.41, 5.74) is 19.2. The van der Waals surface area contributed by atoms with Crippen LogP contribution in [-0.2, 0) is 13.1 Å². The highest BCUT2D eigenvalue weighted by Crippen LogP contribution is 2.26. The van der Waals surface area contributed by atoms with E-state index in [1.165, 1.54) is 5.56 Å². The van der Waals surface area contributed by atoms with Gasteiger partial charge in [-0.2, -0.15) is 4.99 Å². The molecule has 1 aliphatic rings. The van der Waals surface area contributed by atoms with Crippen molar-refractivity contribution >= 4 is 17.6 Å². The molecule has 0 aliphatic carbocycles. The number of benzene rings is 1. The molecule has 1 aromatic rings. The SMILES string of the molecule is NC(N)=NC(N)=Nc1cccc2c1CNC2. The molecule has 1 aromatic carbocycles. The molecule has 6 nitrogen and oxygen atoms in total. The zero-order valence-corrected chi connectivity index (χ0v) is 8.77. The highest BCUT2D eigenvalue weighted by atomic mass is 15.1. The van der Waals surface area contributed by atoms with Crippen molar-refractivity contribution in [2.75, 3.05) is 0 Å². The Morgan fingerprint density at radius 1 is 1.19 bits per heavy atom. The van der Waals surface area contributed by atoms with Crippen LogP contribution in [0.25, 0.3) is 0 Å². The fraction of sp³-hybridized carbons (Fsp3) is 0.200. The Morgan fingerprint density at radius 3 is 2.75 bits per heavy atom. The molecule has 0 saturated carbocycles. The van der Waals surface area contributed by atoms with Gasteiger partial charge < -0.3 is 22.5 Å². The molecule has 2 rings (SSSR count). The summed E-state index contributed by atoms with van der Waals surface area (Å²) in [5.74, 6) is -0.0211. The summed E-state index contributed by atoms with van der Waals surface area (Å²) in [6, 6.07) is 5.89. The molecule has 0 unspecified atom stereocenters. The third-order valence-corrected chi connectivity index (χ3v) is 2.34. The van der Waals surface area contributed by atoms with E-state index < -0.39 is 0 Å². The van der Waals surface area contributed by atoms with Crippen LogP contribution in [0.15, 0.2) is 28.2 Å². The lowest BCUT2D eigenvalue weighted by atomic mass is 10.1. The van der Waals surface area contributed by atoms with Crippen molar-refractivity contribution < 1.29 is 0 Å². The van der Waals surface area contributed by atoms with Crippen LogP contribution in [0.3, 0.4) is 0 Å². The molecular weight excluding hydrogens is 204 g/mol. The van der Waals surface area contributed by atoms with E-state index >= 15 is 0 Å². The van der Waals surface area contributed by atoms with E-state index in [0.29, 0.717) is 0 Å². The molecule has 0 saturated heterocycles. The van der Waals surface area contributed by atoms with Crippen LogP contribution in [0.5, 0.6) is 0 Å². The molecule has 7 N–H and O–H groups in total. The molecule has 16 heavy (non-hydrogen) atoms. The van der Waals surface area contributed by atoms with Crippen LogP contribution < -0.4 is 22.5 Å². The number of fused-ring (bicyclic) bond motifs is 1. The van der Waals surface area contributed by atoms with Gasteiger partial charge in [0.2, 0.25) is 5.96 Å². The Hall–Kier alpha value is -2.08. The largest absolute Gasteiger partial charge is 0.370 e. The average Bonchev–Trinajstić information content (AvgIpc) is 2.65. The minimum absolute atomic E-state index is 0.0697. The molecule has 0 atom stereocenters. The summed E-state index contributed by atoms with van der Waals surface area (Å²) in [6.45, 7) is 1.66. The van der Waals surface area contributed by atoms with Crippen LogP contribution in [-0.4, -0.2) is 11.9 Å². The van der Waals surface area contributed by atoms with Crippen molar-refractivity contribution in [2.24, 2.45) is 27.2 Å². The van der Waals surface area contributed by atoms with Crippen LogP contribution in [0, 0.1) is 0 Å². The smallest absolute Gasteiger partial charge is 0.223 e. The van der Waals surface area contributed by atoms with E-state index in [1.807, 2.05) is 12.1 Å². The van der Waals surface area contributed by atoms with Gasteiger partial charge in [-0.15, -0.1) is 0 Å². The molecular formula is C10H14N6. The Balaban J connectivity index is 2.35. The Labute approximate surface area is 93.2 Å². The molecule has 0 spiro atoms. The summed E-state index contributed by atoms with van der Waals surface area (Å²) in [7, 11) is 0. The van der Waals surface area contributed by atoms with Gasteiger partial charge in [-0.05, 0) is 17.2 Å². The second kappa shape index (κ2) is 4.19. The molecule has 6 heteroatoms. The van der Waals surface area contributed by atoms with Crippen molar-refractivity contribution in [2.45, 2.75) is 13.1 Å². The van der Waals surface area contributed by atoms with Gasteiger partial charge in [0.15, 0.2) is 5.96 Å². The van der Waals surface area contributed by atoms with E-state index in [2.05, 4.69) is 21.4 Å². The summed E-state index contributed by atoms with van der Waals surface area (Å²) in [6.07, 6.45) is 0. The summed E-state index contributed by atoms with van der Waals surface area (Å²) >= 11 is 0. The number of hydrogen-bond donors (Lipinski definition) is 4. The maximum absolute atomic E-state index is 5.58. The first-order valence-corrected chi connectivity index (χ1v) is 4.92. The fourth-order valence-corrected chi connectivity index (χ4v) is 1.70. The summed E-state index contributed by atoms with van der Waals surface area (Å²) < 4.78 is 0. The van der Waals surface area contributed by atoms with Gasteiger partial charge in [0, 0.05) is 13.1 Å². The molecule has 0 amide bonds. The molecule has 84 valence electrons. The standard InChI is InChI=1S/C10H14N6/c11-9(12)16-10(13)15-8-3-1-2-6-4-14-5-7(6)8/h1-3,14H,4-5H2,(H6,11,12,13,15,16). The van der Waals surface area contributed by atoms with E-state index in [-0.39, 0.29) is 11.9 Å². The zero-order valence-electron chi connectivity index (χ0n) is 8.77. The third kappa shape index (κ3) is 2.12. The lowest BCUT2D eigenvalue weighted by molar-refractivity contribution is 0.765. The van der Waals surface area contributed by atoms with Crippen LogP contribution in [0.4, 0.5) is 5.69 Å². The molecule has 1 aliphatic heterocycles. The molecule has 1 heterocycles. The predicted molar refractivity (Wildman–Crippen MR) is 64.1 cm³/mol. The Kier molecular flexibility index (Phi) is 2.74. The molecule has 0 aromatic heterocycles. The number of guanidine groups is 2. The van der Waals surface area contributed by atoms with Gasteiger partial charge in [0.1, 0.15) is 0 Å². The van der Waals surface area contributed by atoms with E-state index in [4.69, 9.17) is 17.2 Å². The highest BCUT2D eigenvalue weighted by molar-refractivity contribution is 5.93. The number of nitrogens with two attached hydrogens (primary N) is 3. The lowest BCUT2D eigenvalue weighted by Gasteiger charge is -2.02. The first-order chi connectivity index (χ1) is 7.66. The van der Waals surface area contributed by atoms with Crippen molar-refractivity contribution in [1.82, 2.24) is 5.32 Å². The van der Waals surface area contributed by atoms with Crippen LogP contribution >= 0.6 is 0 Å². The van der Waals surface area contributed by atoms with Gasteiger partial charge in [0.05, 0.1) is 5.69 Å². The first-order valence-electron chi connectivity index (χ1n) is 4.92. The lowest BCUT2D eigenvalue weighted by Crippen LogP contribution is -2.26. The maximum Gasteiger partial charge on any atom is 0.223 e. The van der Waals surface area contributed by atoms with Gasteiger partial charge in [-0.3, -0.25) is 0 Å². The topological polar surface area (TPSA) is 115 Å². The quantitative estimate of drug-likeness (QED) is 0.376. The minimum Gasteiger partial charge on any atom is -0.370 e. The molecule has 0 radical (unpaired) electrons. The van der Waals surface area contributed by atoms with Crippen molar-refractivity contribution in [3.63, 3.8) is 0 Å². The Morgan fingerprint density at radius 2 is 2.00 bits per heavy atom. The zero-order chi connectivity index (χ0) is 11.5. The van der Waals surface area contributed by atoms with E-state index in [1.54, 1.807) is 0 Å². The number of aliphatic imine (C=N–C) groups is 2. The van der Waals surface area contributed by atoms with Crippen LogP contribution in [0.1, 0.15) is 11.1 Å². The fourth-order valence-electron chi connectivity index (χ4n) is 1.70. The predicted octanol–water partition coefficient (Wildman–Crippen LogP) is -0.491. The monoisotopic (exact) mass is 218 g/mol. The second-order valence-corrected chi connectivity index (χ2v) is 3.53. The second-order valence-electron chi connectivity index (χ2n) is 3.53. The Bertz CT molecular complexity index is 458. The normalized spacial score (nSPS) is 14.6. The van der Waals surface area contributed by atoms with Gasteiger partial charge in [0.25, 0.3) is 0 Å². The summed E-state index contributed by atoms with van der Waals surface area (Å²) in [4.78, 5) is 7.86. The number of rotatable bonds is 1. The number of nitrogens with zero attached hydrogens (tertiary/aromatic N) is 2. The van der Waals surface area contributed by atoms with Crippen LogP contribution in [0.2, 0.25) is 0 Å². The van der Waals surface area contributed by atoms with Gasteiger partial charge in [-0.25, -0.2) is 4.99 Å². The highest BCUT2D eigenvalue weighted by Gasteiger charge is 2.13. The van der Waals surface area contributed by atoms with Crippen molar-refractivity contribution in [1.29, 1.82) is 0 Å². The number of hydrogen-bond acceptors (Lipinski definition) is 2. The third-order valence-electron chi connectivity index (χ3n) is 2.34. The maximum atomic E-state index is 5.58.